The lowest BCUT2D eigenvalue weighted by atomic mass is 10.1. The molecular weight excluding hydrogens is 232 g/mol. The van der Waals surface area contributed by atoms with E-state index in [9.17, 15) is 9.90 Å². The molecule has 1 aromatic rings. The summed E-state index contributed by atoms with van der Waals surface area (Å²) >= 11 is 0. The Bertz CT molecular complexity index is 387. The summed E-state index contributed by atoms with van der Waals surface area (Å²) in [5.74, 6) is -0.186. The van der Waals surface area contributed by atoms with Crippen molar-refractivity contribution in [3.05, 3.63) is 29.8 Å². The predicted molar refractivity (Wildman–Crippen MR) is 68.5 cm³/mol. The molecule has 0 amide bonds. The fraction of sp³-hybridized carbons (Fsp3) is 0.500. The molecule has 0 saturated carbocycles. The van der Waals surface area contributed by atoms with Crippen molar-refractivity contribution in [2.45, 2.75) is 39.4 Å². The van der Waals surface area contributed by atoms with Gasteiger partial charge in [-0.25, -0.2) is 4.79 Å². The molecule has 0 spiro atoms. The Morgan fingerprint density at radius 3 is 2.67 bits per heavy atom. The van der Waals surface area contributed by atoms with E-state index in [1.54, 1.807) is 25.1 Å². The maximum absolute atomic E-state index is 11.8. The first-order chi connectivity index (χ1) is 8.52. The molecule has 0 unspecified atom stereocenters. The summed E-state index contributed by atoms with van der Waals surface area (Å²) in [6.07, 6.45) is -0.297. The van der Waals surface area contributed by atoms with Gasteiger partial charge in [0.2, 0.25) is 0 Å². The van der Waals surface area contributed by atoms with Gasteiger partial charge < -0.3 is 14.6 Å². The highest BCUT2D eigenvalue weighted by Crippen LogP contribution is 2.15. The van der Waals surface area contributed by atoms with Gasteiger partial charge in [-0.15, -0.1) is 0 Å². The van der Waals surface area contributed by atoms with Gasteiger partial charge in [0.05, 0.1) is 12.7 Å². The van der Waals surface area contributed by atoms with Crippen LogP contribution in [-0.2, 0) is 20.7 Å². The summed E-state index contributed by atoms with van der Waals surface area (Å²) in [5.41, 5.74) is 0.841. The Morgan fingerprint density at radius 1 is 1.39 bits per heavy atom. The minimum atomic E-state index is -0.633. The summed E-state index contributed by atoms with van der Waals surface area (Å²) in [7, 11) is 0. The van der Waals surface area contributed by atoms with E-state index in [2.05, 4.69) is 0 Å². The van der Waals surface area contributed by atoms with Gasteiger partial charge >= 0.3 is 5.97 Å². The molecule has 0 aliphatic carbocycles. The summed E-state index contributed by atoms with van der Waals surface area (Å²) in [6.45, 7) is 5.83. The van der Waals surface area contributed by atoms with Crippen molar-refractivity contribution >= 4 is 5.97 Å². The number of hydrogen-bond donors (Lipinski definition) is 1. The highest BCUT2D eigenvalue weighted by Gasteiger charge is 2.22. The van der Waals surface area contributed by atoms with E-state index in [-0.39, 0.29) is 17.8 Å². The van der Waals surface area contributed by atoms with E-state index in [0.717, 1.165) is 5.56 Å². The van der Waals surface area contributed by atoms with Crippen molar-refractivity contribution in [1.82, 2.24) is 0 Å². The molecule has 1 aromatic carbocycles. The number of hydrogen-bond acceptors (Lipinski definition) is 4. The smallest absolute Gasteiger partial charge is 0.335 e. The largest absolute Gasteiger partial charge is 0.508 e. The first-order valence-electron chi connectivity index (χ1n) is 6.13. The van der Waals surface area contributed by atoms with Crippen LogP contribution in [0.2, 0.25) is 0 Å². The minimum Gasteiger partial charge on any atom is -0.508 e. The molecule has 0 bridgehead atoms. The molecule has 0 heterocycles. The molecule has 0 aliphatic heterocycles. The van der Waals surface area contributed by atoms with E-state index >= 15 is 0 Å². The lowest BCUT2D eigenvalue weighted by Crippen LogP contribution is -2.31. The SMILES string of the molecule is CCOC(=O)[C@H](Cc1cccc(O)c1)OC(C)C. The van der Waals surface area contributed by atoms with Crippen LogP contribution in [0.3, 0.4) is 0 Å². The van der Waals surface area contributed by atoms with Crippen molar-refractivity contribution in [1.29, 1.82) is 0 Å². The number of ether oxygens (including phenoxy) is 2. The first-order valence-corrected chi connectivity index (χ1v) is 6.13. The van der Waals surface area contributed by atoms with Crippen LogP contribution >= 0.6 is 0 Å². The number of carbonyl (C=O) groups is 1. The molecule has 0 aromatic heterocycles. The van der Waals surface area contributed by atoms with Gasteiger partial charge in [-0.05, 0) is 38.5 Å². The fourth-order valence-corrected chi connectivity index (χ4v) is 1.65. The van der Waals surface area contributed by atoms with Crippen molar-refractivity contribution in [3.8, 4) is 5.75 Å². The zero-order valence-electron chi connectivity index (χ0n) is 11.1. The fourth-order valence-electron chi connectivity index (χ4n) is 1.65. The molecule has 0 radical (unpaired) electrons. The second kappa shape index (κ2) is 7.01. The molecule has 1 N–H and O–H groups in total. The zero-order valence-corrected chi connectivity index (χ0v) is 11.1. The number of phenols is 1. The Labute approximate surface area is 108 Å². The van der Waals surface area contributed by atoms with Crippen molar-refractivity contribution in [2.24, 2.45) is 0 Å². The van der Waals surface area contributed by atoms with Crippen LogP contribution in [-0.4, -0.2) is 29.9 Å². The van der Waals surface area contributed by atoms with Gasteiger partial charge in [0.25, 0.3) is 0 Å². The van der Waals surface area contributed by atoms with Gasteiger partial charge in [-0.3, -0.25) is 0 Å². The van der Waals surface area contributed by atoms with Gasteiger partial charge in [-0.2, -0.15) is 0 Å². The van der Waals surface area contributed by atoms with Crippen LogP contribution in [0.25, 0.3) is 0 Å². The minimum absolute atomic E-state index is 0.0586. The normalized spacial score (nSPS) is 12.4. The molecule has 1 rings (SSSR count). The molecule has 18 heavy (non-hydrogen) atoms. The van der Waals surface area contributed by atoms with E-state index in [0.29, 0.717) is 13.0 Å². The number of benzene rings is 1. The standard InChI is InChI=1S/C14H20O4/c1-4-17-14(16)13(18-10(2)3)9-11-6-5-7-12(15)8-11/h5-8,10,13,15H,4,9H2,1-3H3/t13-/m0/s1. The highest BCUT2D eigenvalue weighted by molar-refractivity contribution is 5.75. The van der Waals surface area contributed by atoms with Gasteiger partial charge in [0.15, 0.2) is 6.10 Å². The molecule has 4 heteroatoms. The Balaban J connectivity index is 2.74. The van der Waals surface area contributed by atoms with Crippen LogP contribution in [0.15, 0.2) is 24.3 Å². The second-order valence-corrected chi connectivity index (χ2v) is 4.30. The van der Waals surface area contributed by atoms with Gasteiger partial charge in [0.1, 0.15) is 5.75 Å². The molecular formula is C14H20O4. The quantitative estimate of drug-likeness (QED) is 0.789. The monoisotopic (exact) mass is 252 g/mol. The lowest BCUT2D eigenvalue weighted by molar-refractivity contribution is -0.159. The van der Waals surface area contributed by atoms with E-state index in [1.165, 1.54) is 0 Å². The van der Waals surface area contributed by atoms with Crippen molar-refractivity contribution < 1.29 is 19.4 Å². The average molecular weight is 252 g/mol. The molecule has 0 fully saturated rings. The van der Waals surface area contributed by atoms with Crippen molar-refractivity contribution in [2.75, 3.05) is 6.61 Å². The van der Waals surface area contributed by atoms with Crippen molar-refractivity contribution in [3.63, 3.8) is 0 Å². The lowest BCUT2D eigenvalue weighted by Gasteiger charge is -2.19. The molecule has 0 aliphatic rings. The van der Waals surface area contributed by atoms with E-state index < -0.39 is 6.10 Å². The number of phenolic OH excluding ortho intramolecular Hbond substituents is 1. The highest BCUT2D eigenvalue weighted by atomic mass is 16.6. The average Bonchev–Trinajstić information content (AvgIpc) is 2.28. The molecule has 1 atom stereocenters. The van der Waals surface area contributed by atoms with Gasteiger partial charge in [0, 0.05) is 6.42 Å². The molecule has 4 nitrogen and oxygen atoms in total. The third kappa shape index (κ3) is 4.75. The van der Waals surface area contributed by atoms with E-state index in [1.807, 2.05) is 19.9 Å². The third-order valence-electron chi connectivity index (χ3n) is 2.32. The second-order valence-electron chi connectivity index (χ2n) is 4.30. The number of aromatic hydroxyl groups is 1. The number of esters is 1. The van der Waals surface area contributed by atoms with Crippen LogP contribution in [0, 0.1) is 0 Å². The van der Waals surface area contributed by atoms with Gasteiger partial charge in [-0.1, -0.05) is 12.1 Å². The summed E-state index contributed by atoms with van der Waals surface area (Å²) in [5, 5.41) is 9.39. The summed E-state index contributed by atoms with van der Waals surface area (Å²) in [6, 6.07) is 6.79. The maximum atomic E-state index is 11.8. The topological polar surface area (TPSA) is 55.8 Å². The predicted octanol–water partition coefficient (Wildman–Crippen LogP) is 2.29. The Kier molecular flexibility index (Phi) is 5.65. The molecule has 0 saturated heterocycles. The molecule has 100 valence electrons. The van der Waals surface area contributed by atoms with Crippen LogP contribution < -0.4 is 0 Å². The van der Waals surface area contributed by atoms with Crippen LogP contribution in [0.1, 0.15) is 26.3 Å². The maximum Gasteiger partial charge on any atom is 0.335 e. The number of rotatable bonds is 6. The Hall–Kier alpha value is -1.55. The van der Waals surface area contributed by atoms with Crippen LogP contribution in [0.5, 0.6) is 5.75 Å². The zero-order chi connectivity index (χ0) is 13.5. The van der Waals surface area contributed by atoms with E-state index in [4.69, 9.17) is 9.47 Å². The Morgan fingerprint density at radius 2 is 2.11 bits per heavy atom. The summed E-state index contributed by atoms with van der Waals surface area (Å²) < 4.78 is 10.5. The summed E-state index contributed by atoms with van der Waals surface area (Å²) in [4.78, 5) is 11.8. The number of carbonyl (C=O) groups excluding carboxylic acids is 1. The first kappa shape index (κ1) is 14.5. The third-order valence-corrected chi connectivity index (χ3v) is 2.32. The van der Waals surface area contributed by atoms with Crippen LogP contribution in [0.4, 0.5) is 0 Å².